The zero-order valence-electron chi connectivity index (χ0n) is 18.2. The maximum absolute atomic E-state index is 13.1. The Morgan fingerprint density at radius 3 is 2.34 bits per heavy atom. The number of hydrogen-bond acceptors (Lipinski definition) is 6. The van der Waals surface area contributed by atoms with Crippen LogP contribution >= 0.6 is 0 Å². The summed E-state index contributed by atoms with van der Waals surface area (Å²) in [6.07, 6.45) is 0. The fourth-order valence-electron chi connectivity index (χ4n) is 3.33. The number of para-hydroxylation sites is 2. The molecule has 0 aliphatic rings. The molecular formula is C25H24N2O5. The van der Waals surface area contributed by atoms with E-state index in [0.717, 1.165) is 11.1 Å². The largest absolute Gasteiger partial charge is 0.495 e. The van der Waals surface area contributed by atoms with Crippen LogP contribution in [0.5, 0.6) is 17.2 Å². The zero-order valence-corrected chi connectivity index (χ0v) is 18.2. The van der Waals surface area contributed by atoms with Crippen molar-refractivity contribution in [3.05, 3.63) is 66.2 Å². The molecule has 7 nitrogen and oxygen atoms in total. The van der Waals surface area contributed by atoms with E-state index in [2.05, 4.69) is 10.3 Å². The summed E-state index contributed by atoms with van der Waals surface area (Å²) in [6.45, 7) is 4.74. The molecule has 0 aliphatic carbocycles. The number of hydrogen-bond donors (Lipinski definition) is 1. The molecule has 7 heteroatoms. The van der Waals surface area contributed by atoms with Crippen molar-refractivity contribution in [3.8, 4) is 28.7 Å². The Hall–Kier alpha value is -4.00. The number of oxazole rings is 1. The molecule has 1 amide bonds. The summed E-state index contributed by atoms with van der Waals surface area (Å²) < 4.78 is 22.5. The van der Waals surface area contributed by atoms with Gasteiger partial charge in [-0.05, 0) is 56.3 Å². The molecule has 0 atom stereocenters. The fourth-order valence-corrected chi connectivity index (χ4v) is 3.33. The number of carbonyl (C=O) groups excluding carboxylic acids is 1. The monoisotopic (exact) mass is 432 g/mol. The quantitative estimate of drug-likeness (QED) is 0.393. The van der Waals surface area contributed by atoms with Crippen LogP contribution in [-0.2, 0) is 0 Å². The van der Waals surface area contributed by atoms with Crippen molar-refractivity contribution in [2.24, 2.45) is 0 Å². The van der Waals surface area contributed by atoms with Crippen molar-refractivity contribution in [2.75, 3.05) is 25.6 Å². The molecule has 1 N–H and O–H groups in total. The lowest BCUT2D eigenvalue weighted by Gasteiger charge is -2.13. The maximum Gasteiger partial charge on any atom is 0.256 e. The van der Waals surface area contributed by atoms with E-state index in [0.29, 0.717) is 53.2 Å². The van der Waals surface area contributed by atoms with Gasteiger partial charge in [-0.25, -0.2) is 4.98 Å². The molecule has 0 bridgehead atoms. The van der Waals surface area contributed by atoms with Gasteiger partial charge >= 0.3 is 0 Å². The summed E-state index contributed by atoms with van der Waals surface area (Å²) in [5.74, 6) is 1.79. The van der Waals surface area contributed by atoms with Crippen LogP contribution in [0.3, 0.4) is 0 Å². The molecule has 0 saturated carbocycles. The van der Waals surface area contributed by atoms with Gasteiger partial charge in [0, 0.05) is 17.2 Å². The number of nitrogens with zero attached hydrogens (tertiary/aromatic N) is 1. The van der Waals surface area contributed by atoms with Gasteiger partial charge in [0.15, 0.2) is 5.58 Å². The van der Waals surface area contributed by atoms with Crippen LogP contribution < -0.4 is 19.5 Å². The molecule has 32 heavy (non-hydrogen) atoms. The second-order valence-corrected chi connectivity index (χ2v) is 6.92. The maximum atomic E-state index is 13.1. The Labute approximate surface area is 185 Å². The van der Waals surface area contributed by atoms with Crippen molar-refractivity contribution in [1.82, 2.24) is 4.98 Å². The number of amides is 1. The second-order valence-electron chi connectivity index (χ2n) is 6.92. The van der Waals surface area contributed by atoms with Gasteiger partial charge < -0.3 is 23.9 Å². The summed E-state index contributed by atoms with van der Waals surface area (Å²) in [7, 11) is 1.55. The van der Waals surface area contributed by atoms with Gasteiger partial charge in [-0.2, -0.15) is 0 Å². The summed E-state index contributed by atoms with van der Waals surface area (Å²) in [5, 5.41) is 2.92. The van der Waals surface area contributed by atoms with E-state index in [1.165, 1.54) is 0 Å². The number of fused-ring (bicyclic) bond motifs is 1. The summed E-state index contributed by atoms with van der Waals surface area (Å²) >= 11 is 0. The van der Waals surface area contributed by atoms with E-state index in [4.69, 9.17) is 18.6 Å². The van der Waals surface area contributed by atoms with Crippen LogP contribution in [0, 0.1) is 0 Å². The number of ether oxygens (including phenoxy) is 3. The lowest BCUT2D eigenvalue weighted by atomic mass is 10.1. The minimum atomic E-state index is -0.319. The number of rotatable bonds is 8. The highest BCUT2D eigenvalue weighted by molar-refractivity contribution is 6.05. The van der Waals surface area contributed by atoms with E-state index < -0.39 is 0 Å². The van der Waals surface area contributed by atoms with Gasteiger partial charge in [-0.3, -0.25) is 4.79 Å². The highest BCUT2D eigenvalue weighted by atomic mass is 16.5. The number of anilines is 1. The highest BCUT2D eigenvalue weighted by Crippen LogP contribution is 2.32. The first kappa shape index (κ1) is 21.2. The predicted molar refractivity (Wildman–Crippen MR) is 123 cm³/mol. The van der Waals surface area contributed by atoms with Crippen LogP contribution in [0.1, 0.15) is 24.2 Å². The van der Waals surface area contributed by atoms with Crippen molar-refractivity contribution in [3.63, 3.8) is 0 Å². The van der Waals surface area contributed by atoms with E-state index in [9.17, 15) is 4.79 Å². The van der Waals surface area contributed by atoms with Crippen molar-refractivity contribution >= 4 is 22.7 Å². The molecule has 0 unspecified atom stereocenters. The Bertz CT molecular complexity index is 1190. The number of aromatic nitrogens is 1. The second kappa shape index (κ2) is 9.43. The van der Waals surface area contributed by atoms with Crippen LogP contribution in [0.2, 0.25) is 0 Å². The highest BCUT2D eigenvalue weighted by Gasteiger charge is 2.16. The minimum absolute atomic E-state index is 0.319. The van der Waals surface area contributed by atoms with Crippen molar-refractivity contribution < 1.29 is 23.4 Å². The average Bonchev–Trinajstić information content (AvgIpc) is 3.24. The molecule has 4 aromatic rings. The minimum Gasteiger partial charge on any atom is -0.495 e. The predicted octanol–water partition coefficient (Wildman–Crippen LogP) is 5.55. The Kier molecular flexibility index (Phi) is 6.26. The van der Waals surface area contributed by atoms with Gasteiger partial charge in [0.05, 0.1) is 26.0 Å². The lowest BCUT2D eigenvalue weighted by Crippen LogP contribution is -2.13. The average molecular weight is 432 g/mol. The third kappa shape index (κ3) is 4.51. The molecule has 0 fully saturated rings. The Morgan fingerprint density at radius 1 is 0.969 bits per heavy atom. The van der Waals surface area contributed by atoms with Gasteiger partial charge in [0.2, 0.25) is 5.89 Å². The molecule has 4 rings (SSSR count). The molecular weight excluding hydrogens is 408 g/mol. The fraction of sp³-hybridized carbons (Fsp3) is 0.200. The Balaban J connectivity index is 1.66. The number of methoxy groups -OCH3 is 1. The normalized spacial score (nSPS) is 10.7. The summed E-state index contributed by atoms with van der Waals surface area (Å²) in [6, 6.07) is 18.0. The molecule has 0 spiro atoms. The third-order valence-electron chi connectivity index (χ3n) is 4.75. The lowest BCUT2D eigenvalue weighted by molar-refractivity contribution is 0.102. The Morgan fingerprint density at radius 2 is 1.69 bits per heavy atom. The first-order valence-corrected chi connectivity index (χ1v) is 10.4. The van der Waals surface area contributed by atoms with Gasteiger partial charge in [0.25, 0.3) is 5.91 Å². The molecule has 164 valence electrons. The third-order valence-corrected chi connectivity index (χ3v) is 4.75. The number of nitrogens with one attached hydrogen (secondary N) is 1. The molecule has 1 aromatic heterocycles. The number of carbonyl (C=O) groups is 1. The molecule has 1 heterocycles. The first-order valence-electron chi connectivity index (χ1n) is 10.4. The van der Waals surface area contributed by atoms with Crippen LogP contribution in [0.15, 0.2) is 65.1 Å². The van der Waals surface area contributed by atoms with Crippen molar-refractivity contribution in [2.45, 2.75) is 13.8 Å². The topological polar surface area (TPSA) is 82.8 Å². The van der Waals surface area contributed by atoms with Crippen molar-refractivity contribution in [1.29, 1.82) is 0 Å². The first-order chi connectivity index (χ1) is 15.6. The molecule has 0 saturated heterocycles. The smallest absolute Gasteiger partial charge is 0.256 e. The van der Waals surface area contributed by atoms with E-state index in [1.54, 1.807) is 37.4 Å². The van der Waals surface area contributed by atoms with Gasteiger partial charge in [-0.15, -0.1) is 0 Å². The van der Waals surface area contributed by atoms with Gasteiger partial charge in [0.1, 0.15) is 22.8 Å². The van der Waals surface area contributed by atoms with E-state index >= 15 is 0 Å². The van der Waals surface area contributed by atoms with E-state index in [1.807, 2.05) is 44.2 Å². The summed E-state index contributed by atoms with van der Waals surface area (Å²) in [5.41, 5.74) is 3.08. The zero-order chi connectivity index (χ0) is 22.5. The summed E-state index contributed by atoms with van der Waals surface area (Å²) in [4.78, 5) is 17.6. The number of benzene rings is 3. The molecule has 0 radical (unpaired) electrons. The van der Waals surface area contributed by atoms with Crippen LogP contribution in [0.4, 0.5) is 5.69 Å². The van der Waals surface area contributed by atoms with Crippen LogP contribution in [-0.4, -0.2) is 31.2 Å². The van der Waals surface area contributed by atoms with E-state index in [-0.39, 0.29) is 5.91 Å². The van der Waals surface area contributed by atoms with Gasteiger partial charge in [-0.1, -0.05) is 12.1 Å². The SMILES string of the molecule is CCOc1cc(OCC)cc(C(=O)Nc2cc(-c3nc4ccccc4o3)ccc2OC)c1. The standard InChI is InChI=1S/C25H24N2O5/c1-4-30-18-12-17(13-19(15-18)31-5-2)24(28)26-21-14-16(10-11-22(21)29-3)25-27-20-8-6-7-9-23(20)32-25/h6-15H,4-5H2,1-3H3,(H,26,28). The molecule has 3 aromatic carbocycles. The molecule has 0 aliphatic heterocycles. The van der Waals surface area contributed by atoms with Crippen LogP contribution in [0.25, 0.3) is 22.6 Å².